The van der Waals surface area contributed by atoms with Crippen LogP contribution in [0.2, 0.25) is 0 Å². The summed E-state index contributed by atoms with van der Waals surface area (Å²) in [6, 6.07) is 13.5. The van der Waals surface area contributed by atoms with Gasteiger partial charge in [0.2, 0.25) is 11.8 Å². The number of likely N-dealkylation sites (N-methyl/N-ethyl adjacent to an activating group) is 1. The summed E-state index contributed by atoms with van der Waals surface area (Å²) in [7, 11) is 5.42. The fourth-order valence-electron chi connectivity index (χ4n) is 4.76. The van der Waals surface area contributed by atoms with Gasteiger partial charge in [0, 0.05) is 25.1 Å². The molecule has 2 amide bonds. The lowest BCUT2D eigenvalue weighted by Gasteiger charge is -2.41. The number of piperidine rings is 1. The normalized spacial score (nSPS) is 19.2. The van der Waals surface area contributed by atoms with E-state index in [1.54, 1.807) is 13.2 Å². The number of ether oxygens (including phenoxy) is 1. The van der Waals surface area contributed by atoms with Crippen LogP contribution in [0.4, 0.5) is 4.39 Å². The molecule has 3 atom stereocenters. The molecule has 1 aliphatic rings. The second-order valence-corrected chi connectivity index (χ2v) is 9.05. The lowest BCUT2D eigenvalue weighted by Crippen LogP contribution is -2.49. The van der Waals surface area contributed by atoms with Crippen LogP contribution in [-0.2, 0) is 9.59 Å². The van der Waals surface area contributed by atoms with E-state index in [-0.39, 0.29) is 23.7 Å². The van der Waals surface area contributed by atoms with Gasteiger partial charge in [0.1, 0.15) is 11.6 Å². The second-order valence-electron chi connectivity index (χ2n) is 9.05. The quantitative estimate of drug-likeness (QED) is 0.563. The zero-order valence-corrected chi connectivity index (χ0v) is 20.6. The van der Waals surface area contributed by atoms with Crippen LogP contribution in [0, 0.1) is 11.7 Å². The van der Waals surface area contributed by atoms with Gasteiger partial charge in [0.25, 0.3) is 0 Å². The van der Waals surface area contributed by atoms with Crippen molar-refractivity contribution in [1.82, 2.24) is 15.1 Å². The fourth-order valence-corrected chi connectivity index (χ4v) is 4.76. The lowest BCUT2D eigenvalue weighted by atomic mass is 9.83. The van der Waals surface area contributed by atoms with E-state index in [0.717, 1.165) is 24.0 Å². The number of halogens is 1. The number of nitrogens with zero attached hydrogens (tertiary/aromatic N) is 2. The molecule has 2 aromatic rings. The number of unbranched alkanes of at least 4 members (excludes halogenated alkanes) is 1. The van der Waals surface area contributed by atoms with Crippen molar-refractivity contribution in [2.45, 2.75) is 44.7 Å². The minimum Gasteiger partial charge on any atom is -0.496 e. The number of likely N-dealkylation sites (tertiary alicyclic amines) is 1. The van der Waals surface area contributed by atoms with Gasteiger partial charge in [-0.15, -0.1) is 0 Å². The maximum atomic E-state index is 13.8. The third-order valence-electron chi connectivity index (χ3n) is 6.58. The smallest absolute Gasteiger partial charge is 0.225 e. The highest BCUT2D eigenvalue weighted by Crippen LogP contribution is 2.41. The monoisotopic (exact) mass is 469 g/mol. The fraction of sp³-hybridized carbons (Fsp3) is 0.481. The van der Waals surface area contributed by atoms with Gasteiger partial charge in [-0.05, 0) is 50.7 Å². The first-order chi connectivity index (χ1) is 16.4. The number of benzene rings is 2. The van der Waals surface area contributed by atoms with Gasteiger partial charge in [-0.25, -0.2) is 4.39 Å². The predicted octanol–water partition coefficient (Wildman–Crippen LogP) is 4.33. The highest BCUT2D eigenvalue weighted by atomic mass is 19.1. The number of amides is 2. The minimum absolute atomic E-state index is 0.0688. The highest BCUT2D eigenvalue weighted by molar-refractivity contribution is 5.85. The number of carbonyl (C=O) groups excluding carboxylic acids is 2. The van der Waals surface area contributed by atoms with Crippen molar-refractivity contribution in [2.24, 2.45) is 5.92 Å². The Balaban J connectivity index is 1.87. The first kappa shape index (κ1) is 25.7. The van der Waals surface area contributed by atoms with Crippen molar-refractivity contribution in [3.05, 3.63) is 65.5 Å². The average molecular weight is 470 g/mol. The van der Waals surface area contributed by atoms with Crippen molar-refractivity contribution >= 4 is 11.8 Å². The van der Waals surface area contributed by atoms with Gasteiger partial charge in [0.05, 0.1) is 25.1 Å². The standard InChI is InChI=1S/C27H36FN3O3/c1-5-6-16-31-25(32)15-14-22(26(31)21-12-7-8-13-24(21)34-4)27(33)29-18-23(30(2)3)19-10-9-11-20(28)17-19/h7-13,17,22-23,26H,5-6,14-16,18H2,1-4H3,(H,29,33). The molecule has 0 saturated carbocycles. The first-order valence-corrected chi connectivity index (χ1v) is 12.0. The summed E-state index contributed by atoms with van der Waals surface area (Å²) in [5, 5.41) is 3.10. The molecular formula is C27H36FN3O3. The van der Waals surface area contributed by atoms with Crippen LogP contribution in [0.5, 0.6) is 5.75 Å². The Morgan fingerprint density at radius 2 is 2.00 bits per heavy atom. The van der Waals surface area contributed by atoms with Crippen LogP contribution in [0.1, 0.15) is 55.8 Å². The molecule has 6 nitrogen and oxygen atoms in total. The summed E-state index contributed by atoms with van der Waals surface area (Å²) < 4.78 is 19.4. The molecule has 1 heterocycles. The number of rotatable bonds is 10. The molecule has 0 aliphatic carbocycles. The van der Waals surface area contributed by atoms with Crippen molar-refractivity contribution in [2.75, 3.05) is 34.3 Å². The zero-order chi connectivity index (χ0) is 24.7. The van der Waals surface area contributed by atoms with Crippen molar-refractivity contribution in [1.29, 1.82) is 0 Å². The van der Waals surface area contributed by atoms with Crippen LogP contribution in [0.15, 0.2) is 48.5 Å². The van der Waals surface area contributed by atoms with Crippen molar-refractivity contribution in [3.8, 4) is 5.75 Å². The third-order valence-corrected chi connectivity index (χ3v) is 6.58. The second kappa shape index (κ2) is 12.0. The van der Waals surface area contributed by atoms with E-state index in [1.807, 2.05) is 54.2 Å². The summed E-state index contributed by atoms with van der Waals surface area (Å²) in [4.78, 5) is 30.3. The topological polar surface area (TPSA) is 61.9 Å². The van der Waals surface area contributed by atoms with E-state index in [2.05, 4.69) is 12.2 Å². The highest BCUT2D eigenvalue weighted by Gasteiger charge is 2.41. The molecule has 2 aromatic carbocycles. The number of hydrogen-bond donors (Lipinski definition) is 1. The van der Waals surface area contributed by atoms with E-state index in [9.17, 15) is 14.0 Å². The summed E-state index contributed by atoms with van der Waals surface area (Å²) >= 11 is 0. The number of nitrogens with one attached hydrogen (secondary N) is 1. The predicted molar refractivity (Wildman–Crippen MR) is 131 cm³/mol. The van der Waals surface area contributed by atoms with Crippen molar-refractivity contribution < 1.29 is 18.7 Å². The maximum absolute atomic E-state index is 13.8. The van der Waals surface area contributed by atoms with Crippen molar-refractivity contribution in [3.63, 3.8) is 0 Å². The Hall–Kier alpha value is -2.93. The molecule has 3 rings (SSSR count). The van der Waals surface area contributed by atoms with Gasteiger partial charge in [0.15, 0.2) is 0 Å². The van der Waals surface area contributed by atoms with Gasteiger partial charge in [-0.3, -0.25) is 9.59 Å². The Morgan fingerprint density at radius 3 is 2.68 bits per heavy atom. The molecule has 7 heteroatoms. The molecule has 1 saturated heterocycles. The molecule has 1 aliphatic heterocycles. The molecule has 34 heavy (non-hydrogen) atoms. The average Bonchev–Trinajstić information content (AvgIpc) is 2.83. The number of hydrogen-bond acceptors (Lipinski definition) is 4. The van der Waals surface area contributed by atoms with E-state index < -0.39 is 12.0 Å². The Bertz CT molecular complexity index is 981. The van der Waals surface area contributed by atoms with E-state index >= 15 is 0 Å². The van der Waals surface area contributed by atoms with Gasteiger partial charge >= 0.3 is 0 Å². The van der Waals surface area contributed by atoms with Gasteiger partial charge in [-0.1, -0.05) is 43.7 Å². The SMILES string of the molecule is CCCCN1C(=O)CCC(C(=O)NCC(c2cccc(F)c2)N(C)C)C1c1ccccc1OC. The molecule has 0 bridgehead atoms. The molecule has 0 aromatic heterocycles. The van der Waals surface area contributed by atoms with Gasteiger partial charge < -0.3 is 19.9 Å². The Morgan fingerprint density at radius 1 is 1.24 bits per heavy atom. The van der Waals surface area contributed by atoms with Crippen LogP contribution in [-0.4, -0.2) is 55.9 Å². The number of para-hydroxylation sites is 1. The van der Waals surface area contributed by atoms with Gasteiger partial charge in [-0.2, -0.15) is 0 Å². The Labute approximate surface area is 202 Å². The lowest BCUT2D eigenvalue weighted by molar-refractivity contribution is -0.143. The summed E-state index contributed by atoms with van der Waals surface area (Å²) in [6.07, 6.45) is 2.64. The largest absolute Gasteiger partial charge is 0.496 e. The Kier molecular flexibility index (Phi) is 9.05. The summed E-state index contributed by atoms with van der Waals surface area (Å²) in [5.41, 5.74) is 1.65. The third kappa shape index (κ3) is 5.95. The summed E-state index contributed by atoms with van der Waals surface area (Å²) in [5.74, 6) is -0.0645. The zero-order valence-electron chi connectivity index (χ0n) is 20.6. The maximum Gasteiger partial charge on any atom is 0.225 e. The molecule has 0 spiro atoms. The van der Waals surface area contributed by atoms with E-state index in [4.69, 9.17) is 4.74 Å². The van der Waals surface area contributed by atoms with E-state index in [1.165, 1.54) is 12.1 Å². The van der Waals surface area contributed by atoms with Crippen LogP contribution >= 0.6 is 0 Å². The molecule has 184 valence electrons. The minimum atomic E-state index is -0.402. The number of methoxy groups -OCH3 is 1. The number of carbonyl (C=O) groups is 2. The first-order valence-electron chi connectivity index (χ1n) is 12.0. The van der Waals surface area contributed by atoms with Crippen LogP contribution in [0.25, 0.3) is 0 Å². The molecule has 0 radical (unpaired) electrons. The van der Waals surface area contributed by atoms with Crippen LogP contribution < -0.4 is 10.1 Å². The van der Waals surface area contributed by atoms with E-state index in [0.29, 0.717) is 31.7 Å². The molecule has 1 N–H and O–H groups in total. The summed E-state index contributed by atoms with van der Waals surface area (Å²) in [6.45, 7) is 3.03. The molecule has 3 unspecified atom stereocenters. The molecule has 1 fully saturated rings. The molecular weight excluding hydrogens is 433 g/mol. The van der Waals surface area contributed by atoms with Crippen LogP contribution in [0.3, 0.4) is 0 Å².